The smallest absolute Gasteiger partial charge is 0.223 e. The van der Waals surface area contributed by atoms with E-state index in [1.54, 1.807) is 11.8 Å². The Hall–Kier alpha value is -2.76. The van der Waals surface area contributed by atoms with Gasteiger partial charge in [0.25, 0.3) is 0 Å². The SMILES string of the molecule is NC(=O)[C@H]1C[C@@H](n2nnc3c(N[C@@H]4C[C@H]4c4ccccc4)nc(SC4CCCCC4)nc32)[C@H](O)[C@@H]1O. The van der Waals surface area contributed by atoms with Gasteiger partial charge in [0, 0.05) is 17.2 Å². The first-order valence-electron chi connectivity index (χ1n) is 12.8. The van der Waals surface area contributed by atoms with Gasteiger partial charge in [0.2, 0.25) is 5.91 Å². The summed E-state index contributed by atoms with van der Waals surface area (Å²) >= 11 is 1.68. The van der Waals surface area contributed by atoms with Crippen LogP contribution in [-0.4, -0.2) is 64.6 Å². The van der Waals surface area contributed by atoms with Crippen molar-refractivity contribution in [3.05, 3.63) is 35.9 Å². The molecule has 3 aliphatic rings. The van der Waals surface area contributed by atoms with Crippen LogP contribution in [0.1, 0.15) is 62.5 Å². The number of nitrogens with two attached hydrogens (primary N) is 1. The van der Waals surface area contributed by atoms with Gasteiger partial charge < -0.3 is 21.3 Å². The van der Waals surface area contributed by atoms with Crippen molar-refractivity contribution in [2.75, 3.05) is 5.32 Å². The molecule has 0 saturated heterocycles. The van der Waals surface area contributed by atoms with E-state index in [0.717, 1.165) is 19.3 Å². The van der Waals surface area contributed by atoms with Gasteiger partial charge >= 0.3 is 0 Å². The Morgan fingerprint density at radius 3 is 2.56 bits per heavy atom. The zero-order valence-corrected chi connectivity index (χ0v) is 20.7. The third kappa shape index (κ3) is 4.44. The molecule has 11 heteroatoms. The zero-order valence-electron chi connectivity index (χ0n) is 19.9. The Labute approximate surface area is 213 Å². The van der Waals surface area contributed by atoms with E-state index in [1.165, 1.54) is 29.5 Å². The molecular formula is C25H31N7O3S. The van der Waals surface area contributed by atoms with Crippen LogP contribution in [0.5, 0.6) is 0 Å². The Morgan fingerprint density at radius 1 is 1.06 bits per heavy atom. The van der Waals surface area contributed by atoms with Crippen molar-refractivity contribution >= 4 is 34.7 Å². The summed E-state index contributed by atoms with van der Waals surface area (Å²) in [5.41, 5.74) is 7.76. The predicted octanol–water partition coefficient (Wildman–Crippen LogP) is 2.38. The number of thioether (sulfide) groups is 1. The van der Waals surface area contributed by atoms with Gasteiger partial charge in [-0.3, -0.25) is 4.79 Å². The van der Waals surface area contributed by atoms with Crippen LogP contribution in [-0.2, 0) is 4.79 Å². The number of carbonyl (C=O) groups is 1. The molecule has 3 aliphatic carbocycles. The van der Waals surface area contributed by atoms with Crippen LogP contribution in [0, 0.1) is 5.92 Å². The van der Waals surface area contributed by atoms with Crippen LogP contribution in [0.3, 0.4) is 0 Å². The third-order valence-electron chi connectivity index (χ3n) is 7.80. The van der Waals surface area contributed by atoms with Crippen molar-refractivity contribution in [2.45, 2.75) is 85.6 Å². The maximum atomic E-state index is 11.8. The lowest BCUT2D eigenvalue weighted by atomic mass is 10.0. The molecule has 0 bridgehead atoms. The second-order valence-corrected chi connectivity index (χ2v) is 11.5. The molecule has 3 fully saturated rings. The molecule has 0 unspecified atom stereocenters. The van der Waals surface area contributed by atoms with Crippen molar-refractivity contribution in [3.63, 3.8) is 0 Å². The second-order valence-electron chi connectivity index (χ2n) is 10.2. The number of aromatic nitrogens is 5. The average molecular weight is 510 g/mol. The molecule has 5 N–H and O–H groups in total. The van der Waals surface area contributed by atoms with Crippen LogP contribution in [0.4, 0.5) is 5.82 Å². The molecule has 36 heavy (non-hydrogen) atoms. The number of amides is 1. The van der Waals surface area contributed by atoms with Crippen LogP contribution in [0.15, 0.2) is 35.5 Å². The molecule has 6 rings (SSSR count). The van der Waals surface area contributed by atoms with E-state index in [4.69, 9.17) is 15.7 Å². The van der Waals surface area contributed by atoms with E-state index in [1.807, 2.05) is 6.07 Å². The first kappa shape index (κ1) is 23.6. The average Bonchev–Trinajstić information content (AvgIpc) is 3.42. The largest absolute Gasteiger partial charge is 0.390 e. The maximum absolute atomic E-state index is 11.8. The lowest BCUT2D eigenvalue weighted by molar-refractivity contribution is -0.125. The van der Waals surface area contributed by atoms with Gasteiger partial charge in [-0.15, -0.1) is 5.10 Å². The topological polar surface area (TPSA) is 152 Å². The van der Waals surface area contributed by atoms with Gasteiger partial charge in [-0.2, -0.15) is 0 Å². The molecule has 2 aromatic heterocycles. The first-order valence-corrected chi connectivity index (χ1v) is 13.6. The molecule has 1 amide bonds. The maximum Gasteiger partial charge on any atom is 0.223 e. The Kier molecular flexibility index (Phi) is 6.30. The minimum atomic E-state index is -1.25. The fourth-order valence-corrected chi connectivity index (χ4v) is 6.80. The van der Waals surface area contributed by atoms with Crippen molar-refractivity contribution in [3.8, 4) is 0 Å². The molecule has 6 atom stereocenters. The van der Waals surface area contributed by atoms with E-state index >= 15 is 0 Å². The molecule has 190 valence electrons. The Morgan fingerprint density at radius 2 is 1.83 bits per heavy atom. The number of benzene rings is 1. The fraction of sp³-hybridized carbons (Fsp3) is 0.560. The van der Waals surface area contributed by atoms with Crippen LogP contribution in [0.25, 0.3) is 11.2 Å². The number of anilines is 1. The summed E-state index contributed by atoms with van der Waals surface area (Å²) in [6.45, 7) is 0. The number of hydrogen-bond acceptors (Lipinski definition) is 9. The van der Waals surface area contributed by atoms with Gasteiger partial charge in [-0.25, -0.2) is 14.6 Å². The monoisotopic (exact) mass is 509 g/mol. The number of nitrogens with one attached hydrogen (secondary N) is 1. The standard InChI is InChI=1S/C25H31N7O3S/c26-22(35)16-12-18(21(34)20(16)33)32-24-19(30-31-32)23(27-17-11-15(17)13-7-3-1-4-8-13)28-25(29-24)36-14-9-5-2-6-10-14/h1,3-4,7-8,14-18,20-21,33-34H,2,5-6,9-12H2,(H2,26,35)(H,27,28,29)/t15-,16-,17+,18+,20+,21-/m0/s1. The summed E-state index contributed by atoms with van der Waals surface area (Å²) in [6, 6.07) is 10.00. The molecule has 0 radical (unpaired) electrons. The van der Waals surface area contributed by atoms with E-state index in [0.29, 0.717) is 33.3 Å². The third-order valence-corrected chi connectivity index (χ3v) is 9.00. The zero-order chi connectivity index (χ0) is 24.8. The summed E-state index contributed by atoms with van der Waals surface area (Å²) in [4.78, 5) is 21.5. The van der Waals surface area contributed by atoms with E-state index in [9.17, 15) is 15.0 Å². The van der Waals surface area contributed by atoms with Crippen molar-refractivity contribution in [1.29, 1.82) is 0 Å². The van der Waals surface area contributed by atoms with Gasteiger partial charge in [-0.05, 0) is 31.2 Å². The van der Waals surface area contributed by atoms with Crippen molar-refractivity contribution in [2.24, 2.45) is 11.7 Å². The number of aliphatic hydroxyl groups excluding tert-OH is 2. The van der Waals surface area contributed by atoms with Crippen LogP contribution >= 0.6 is 11.8 Å². The quantitative estimate of drug-likeness (QED) is 0.352. The number of fused-ring (bicyclic) bond motifs is 1. The van der Waals surface area contributed by atoms with Crippen molar-refractivity contribution in [1.82, 2.24) is 25.0 Å². The normalized spacial score (nSPS) is 30.5. The molecule has 1 aromatic carbocycles. The summed E-state index contributed by atoms with van der Waals surface area (Å²) in [5, 5.41) is 34.5. The molecule has 0 spiro atoms. The summed E-state index contributed by atoms with van der Waals surface area (Å²) < 4.78 is 1.53. The highest BCUT2D eigenvalue weighted by molar-refractivity contribution is 7.99. The number of nitrogens with zero attached hydrogens (tertiary/aromatic N) is 5. The number of aliphatic hydroxyl groups is 2. The number of hydrogen-bond donors (Lipinski definition) is 4. The van der Waals surface area contributed by atoms with Crippen LogP contribution < -0.4 is 11.1 Å². The van der Waals surface area contributed by atoms with Gasteiger partial charge in [0.05, 0.1) is 18.1 Å². The highest BCUT2D eigenvalue weighted by Crippen LogP contribution is 2.44. The second kappa shape index (κ2) is 9.60. The molecule has 3 saturated carbocycles. The summed E-state index contributed by atoms with van der Waals surface area (Å²) in [5.74, 6) is -0.450. The summed E-state index contributed by atoms with van der Waals surface area (Å²) in [7, 11) is 0. The molecule has 0 aliphatic heterocycles. The molecule has 3 aromatic rings. The predicted molar refractivity (Wildman–Crippen MR) is 135 cm³/mol. The Balaban J connectivity index is 1.33. The molecule has 10 nitrogen and oxygen atoms in total. The lowest BCUT2D eigenvalue weighted by Gasteiger charge is -2.20. The van der Waals surface area contributed by atoms with Gasteiger partial charge in [0.15, 0.2) is 22.1 Å². The van der Waals surface area contributed by atoms with Crippen LogP contribution in [0.2, 0.25) is 0 Å². The first-order chi connectivity index (χ1) is 17.5. The highest BCUT2D eigenvalue weighted by Gasteiger charge is 2.46. The minimum Gasteiger partial charge on any atom is -0.390 e. The number of rotatable bonds is 7. The van der Waals surface area contributed by atoms with E-state index in [-0.39, 0.29) is 12.5 Å². The minimum absolute atomic E-state index is 0.173. The highest BCUT2D eigenvalue weighted by atomic mass is 32.2. The van der Waals surface area contributed by atoms with Gasteiger partial charge in [0.1, 0.15) is 6.10 Å². The fourth-order valence-electron chi connectivity index (χ4n) is 5.65. The number of carbonyl (C=O) groups excluding carboxylic acids is 1. The van der Waals surface area contributed by atoms with Crippen molar-refractivity contribution < 1.29 is 15.0 Å². The van der Waals surface area contributed by atoms with E-state index in [2.05, 4.69) is 39.9 Å². The molecule has 2 heterocycles. The van der Waals surface area contributed by atoms with E-state index < -0.39 is 30.1 Å². The number of primary amides is 1. The summed E-state index contributed by atoms with van der Waals surface area (Å²) in [6.07, 6.45) is 4.70. The Bertz CT molecular complexity index is 1250. The van der Waals surface area contributed by atoms with Gasteiger partial charge in [-0.1, -0.05) is 66.6 Å². The lowest BCUT2D eigenvalue weighted by Crippen LogP contribution is -2.35. The molecular weight excluding hydrogens is 478 g/mol.